The van der Waals surface area contributed by atoms with Gasteiger partial charge in [-0.1, -0.05) is 30.3 Å². The summed E-state index contributed by atoms with van der Waals surface area (Å²) >= 11 is 0. The van der Waals surface area contributed by atoms with Gasteiger partial charge in [0, 0.05) is 36.8 Å². The largest absolute Gasteiger partial charge is 1.00 e. The SMILES string of the molecule is O=C(O)c1cn2c3c(c4c(cc3c1=O)CCCN4C(=O)NCc1ccccc1)CCC2.[Cl-]. The van der Waals surface area contributed by atoms with E-state index in [1.807, 2.05) is 34.9 Å². The Morgan fingerprint density at radius 1 is 1.06 bits per heavy atom. The van der Waals surface area contributed by atoms with E-state index in [1.165, 1.54) is 6.20 Å². The molecule has 0 bridgehead atoms. The number of carbonyl (C=O) groups excluding carboxylic acids is 1. The van der Waals surface area contributed by atoms with Crippen molar-refractivity contribution in [3.8, 4) is 0 Å². The number of nitrogens with one attached hydrogen (secondary N) is 1. The Balaban J connectivity index is 0.00000245. The molecule has 0 radical (unpaired) electrons. The van der Waals surface area contributed by atoms with Crippen LogP contribution in [-0.4, -0.2) is 28.2 Å². The summed E-state index contributed by atoms with van der Waals surface area (Å²) in [6, 6.07) is 11.4. The highest BCUT2D eigenvalue weighted by molar-refractivity contribution is 6.01. The number of hydrogen-bond donors (Lipinski definition) is 2. The number of benzene rings is 2. The fraction of sp³-hybridized carbons (Fsp3) is 0.292. The molecule has 8 heteroatoms. The van der Waals surface area contributed by atoms with Gasteiger partial charge in [0.15, 0.2) is 0 Å². The molecule has 0 aliphatic carbocycles. The molecule has 2 aliphatic heterocycles. The Kier molecular flexibility index (Phi) is 5.93. The topological polar surface area (TPSA) is 91.6 Å². The number of hydrogen-bond acceptors (Lipinski definition) is 3. The van der Waals surface area contributed by atoms with Crippen molar-refractivity contribution in [2.24, 2.45) is 0 Å². The van der Waals surface area contributed by atoms with E-state index in [9.17, 15) is 19.5 Å². The molecule has 2 aliphatic rings. The minimum atomic E-state index is -1.21. The van der Waals surface area contributed by atoms with E-state index in [0.717, 1.165) is 53.6 Å². The summed E-state index contributed by atoms with van der Waals surface area (Å²) < 4.78 is 1.87. The zero-order valence-electron chi connectivity index (χ0n) is 17.4. The van der Waals surface area contributed by atoms with Crippen molar-refractivity contribution in [3.05, 3.63) is 75.1 Å². The van der Waals surface area contributed by atoms with Crippen LogP contribution in [0.3, 0.4) is 0 Å². The second kappa shape index (κ2) is 8.67. The number of carboxylic acid groups (broad SMARTS) is 1. The summed E-state index contributed by atoms with van der Waals surface area (Å²) in [5.41, 5.74) is 3.95. The summed E-state index contributed by atoms with van der Waals surface area (Å²) in [5.74, 6) is -1.21. The molecule has 0 saturated carbocycles. The van der Waals surface area contributed by atoms with Gasteiger partial charge in [0.2, 0.25) is 5.43 Å². The zero-order chi connectivity index (χ0) is 21.5. The van der Waals surface area contributed by atoms with E-state index in [1.54, 1.807) is 11.0 Å². The molecule has 2 N–H and O–H groups in total. The molecule has 0 atom stereocenters. The molecule has 166 valence electrons. The Labute approximate surface area is 191 Å². The number of fused-ring (bicyclic) bond motifs is 2. The molecular weight excluding hydrogens is 430 g/mol. The van der Waals surface area contributed by atoms with Crippen molar-refractivity contribution in [1.29, 1.82) is 0 Å². The fourth-order valence-electron chi connectivity index (χ4n) is 4.83. The lowest BCUT2D eigenvalue weighted by atomic mass is 9.90. The van der Waals surface area contributed by atoms with Crippen molar-refractivity contribution in [1.82, 2.24) is 9.88 Å². The number of aromatic nitrogens is 1. The first-order valence-electron chi connectivity index (χ1n) is 10.6. The summed E-state index contributed by atoms with van der Waals surface area (Å²) in [5, 5.41) is 12.9. The quantitative estimate of drug-likeness (QED) is 0.598. The van der Waals surface area contributed by atoms with Crippen molar-refractivity contribution < 1.29 is 27.1 Å². The van der Waals surface area contributed by atoms with Crippen LogP contribution in [0.2, 0.25) is 0 Å². The average molecular weight is 453 g/mol. The van der Waals surface area contributed by atoms with Crippen LogP contribution in [0.1, 0.15) is 39.9 Å². The van der Waals surface area contributed by atoms with Gasteiger partial charge in [0.1, 0.15) is 5.56 Å². The number of pyridine rings is 1. The lowest BCUT2D eigenvalue weighted by Gasteiger charge is -2.34. The predicted molar refractivity (Wildman–Crippen MR) is 118 cm³/mol. The molecular formula is C24H23ClN3O4-. The van der Waals surface area contributed by atoms with Crippen LogP contribution in [0.15, 0.2) is 47.4 Å². The van der Waals surface area contributed by atoms with Crippen LogP contribution < -0.4 is 28.1 Å². The number of anilines is 1. The Morgan fingerprint density at radius 3 is 2.56 bits per heavy atom. The monoisotopic (exact) mass is 452 g/mol. The van der Waals surface area contributed by atoms with Crippen molar-refractivity contribution in [2.75, 3.05) is 11.4 Å². The molecule has 1 aromatic heterocycles. The molecule has 0 spiro atoms. The highest BCUT2D eigenvalue weighted by Crippen LogP contribution is 2.38. The van der Waals surface area contributed by atoms with Gasteiger partial charge in [-0.3, -0.25) is 9.69 Å². The van der Waals surface area contributed by atoms with Gasteiger partial charge in [-0.2, -0.15) is 0 Å². The Morgan fingerprint density at radius 2 is 1.81 bits per heavy atom. The highest BCUT2D eigenvalue weighted by atomic mass is 35.5. The number of aromatic carboxylic acids is 1. The molecule has 3 aromatic rings. The zero-order valence-corrected chi connectivity index (χ0v) is 18.2. The van der Waals surface area contributed by atoms with Gasteiger partial charge in [0.05, 0.1) is 11.2 Å². The fourth-order valence-corrected chi connectivity index (χ4v) is 4.83. The van der Waals surface area contributed by atoms with Gasteiger partial charge in [0.25, 0.3) is 0 Å². The van der Waals surface area contributed by atoms with Crippen molar-refractivity contribution in [2.45, 2.75) is 38.8 Å². The molecule has 5 rings (SSSR count). The summed E-state index contributed by atoms with van der Waals surface area (Å²) in [4.78, 5) is 39.4. The number of aryl methyl sites for hydroxylation is 3. The minimum Gasteiger partial charge on any atom is -1.00 e. The first-order valence-corrected chi connectivity index (χ1v) is 10.6. The van der Waals surface area contributed by atoms with Gasteiger partial charge in [-0.25, -0.2) is 9.59 Å². The number of urea groups is 1. The third kappa shape index (κ3) is 3.62. The number of rotatable bonds is 3. The van der Waals surface area contributed by atoms with Crippen molar-refractivity contribution in [3.63, 3.8) is 0 Å². The van der Waals surface area contributed by atoms with Gasteiger partial charge in [-0.15, -0.1) is 0 Å². The Bertz CT molecular complexity index is 1270. The molecule has 2 aromatic carbocycles. The second-order valence-corrected chi connectivity index (χ2v) is 8.13. The molecule has 0 fully saturated rings. The molecule has 7 nitrogen and oxygen atoms in total. The van der Waals surface area contributed by atoms with E-state index in [2.05, 4.69) is 5.32 Å². The first kappa shape index (κ1) is 21.9. The molecule has 0 saturated heterocycles. The maximum atomic E-state index is 13.1. The minimum absolute atomic E-state index is 0. The number of carbonyl (C=O) groups is 2. The maximum absolute atomic E-state index is 13.1. The van der Waals surface area contributed by atoms with Crippen LogP contribution in [0.5, 0.6) is 0 Å². The summed E-state index contributed by atoms with van der Waals surface area (Å²) in [7, 11) is 0. The lowest BCUT2D eigenvalue weighted by molar-refractivity contribution is -0.0000247. The highest BCUT2D eigenvalue weighted by Gasteiger charge is 2.30. The smallest absolute Gasteiger partial charge is 0.341 e. The van der Waals surface area contributed by atoms with Gasteiger partial charge >= 0.3 is 12.0 Å². The number of amides is 2. The predicted octanol–water partition coefficient (Wildman–Crippen LogP) is 0.312. The average Bonchev–Trinajstić information content (AvgIpc) is 2.79. The Hall–Kier alpha value is -3.32. The third-order valence-electron chi connectivity index (χ3n) is 6.20. The van der Waals surface area contributed by atoms with E-state index in [4.69, 9.17) is 0 Å². The summed E-state index contributed by atoms with van der Waals surface area (Å²) in [6.45, 7) is 1.72. The van der Waals surface area contributed by atoms with E-state index >= 15 is 0 Å². The molecule has 0 unspecified atom stereocenters. The third-order valence-corrected chi connectivity index (χ3v) is 6.20. The van der Waals surface area contributed by atoms with Crippen molar-refractivity contribution >= 4 is 28.6 Å². The lowest BCUT2D eigenvalue weighted by Crippen LogP contribution is -3.00. The molecule has 3 heterocycles. The van der Waals surface area contributed by atoms with E-state index in [-0.39, 0.29) is 24.0 Å². The second-order valence-electron chi connectivity index (χ2n) is 8.13. The van der Waals surface area contributed by atoms with Gasteiger partial charge in [-0.05, 0) is 42.9 Å². The van der Waals surface area contributed by atoms with Crippen LogP contribution >= 0.6 is 0 Å². The molecule has 2 amide bonds. The maximum Gasteiger partial charge on any atom is 0.341 e. The van der Waals surface area contributed by atoms with E-state index < -0.39 is 11.4 Å². The first-order chi connectivity index (χ1) is 15.0. The van der Waals surface area contributed by atoms with Gasteiger partial charge < -0.3 is 27.4 Å². The van der Waals surface area contributed by atoms with Crippen LogP contribution in [0.4, 0.5) is 10.5 Å². The van der Waals surface area contributed by atoms with Crippen LogP contribution in [-0.2, 0) is 25.9 Å². The normalized spacial score (nSPS) is 14.4. The number of halogens is 1. The molecule has 32 heavy (non-hydrogen) atoms. The van der Waals surface area contributed by atoms with Crippen LogP contribution in [0, 0.1) is 0 Å². The number of nitrogens with zero attached hydrogens (tertiary/aromatic N) is 2. The standard InChI is InChI=1S/C24H23N3O4.ClH/c28-22-18-12-16-8-4-11-27(24(31)25-13-15-6-2-1-3-7-15)20(16)17-9-5-10-26(21(17)18)14-19(22)23(29)30;/h1-3,6-7,12,14H,4-5,8-11,13H2,(H,25,31)(H,29,30);1H/p-1. The summed E-state index contributed by atoms with van der Waals surface area (Å²) in [6.07, 6.45) is 4.60. The number of carboxylic acids is 1. The van der Waals surface area contributed by atoms with Crippen LogP contribution in [0.25, 0.3) is 10.9 Å². The van der Waals surface area contributed by atoms with E-state index in [0.29, 0.717) is 25.0 Å².